The fraction of sp³-hybridized carbons (Fsp3) is 0.429. The lowest BCUT2D eigenvalue weighted by Gasteiger charge is -2.41. The van der Waals surface area contributed by atoms with Crippen molar-refractivity contribution in [2.24, 2.45) is 0 Å². The summed E-state index contributed by atoms with van der Waals surface area (Å²) in [5.41, 5.74) is -1.62. The number of amides is 2. The normalized spacial score (nSPS) is 22.2. The monoisotopic (exact) mass is 300 g/mol. The second kappa shape index (κ2) is 4.75. The van der Waals surface area contributed by atoms with E-state index in [-0.39, 0.29) is 17.5 Å². The SMILES string of the molecule is CC1C(=O)NC(C)(C)C(=O)N1c1ccc(C(F)(F)F)cc1. The Morgan fingerprint density at radius 2 is 1.67 bits per heavy atom. The van der Waals surface area contributed by atoms with Crippen LogP contribution in [0.4, 0.5) is 18.9 Å². The average Bonchev–Trinajstić information content (AvgIpc) is 2.36. The van der Waals surface area contributed by atoms with Gasteiger partial charge in [0, 0.05) is 5.69 Å². The molecule has 0 radical (unpaired) electrons. The zero-order valence-electron chi connectivity index (χ0n) is 11.8. The van der Waals surface area contributed by atoms with Gasteiger partial charge in [0.15, 0.2) is 0 Å². The molecule has 0 aromatic heterocycles. The Labute approximate surface area is 119 Å². The Kier molecular flexibility index (Phi) is 3.47. The van der Waals surface area contributed by atoms with Gasteiger partial charge in [-0.05, 0) is 45.0 Å². The van der Waals surface area contributed by atoms with E-state index in [4.69, 9.17) is 0 Å². The zero-order chi connectivity index (χ0) is 16.0. The number of nitrogens with zero attached hydrogens (tertiary/aromatic N) is 1. The molecule has 0 aliphatic carbocycles. The molecule has 1 fully saturated rings. The number of nitrogens with one attached hydrogen (secondary N) is 1. The summed E-state index contributed by atoms with van der Waals surface area (Å²) in [6.07, 6.45) is -4.44. The van der Waals surface area contributed by atoms with Crippen LogP contribution in [0.3, 0.4) is 0 Å². The van der Waals surface area contributed by atoms with Crippen molar-refractivity contribution in [2.45, 2.75) is 38.5 Å². The van der Waals surface area contributed by atoms with Crippen LogP contribution in [0.25, 0.3) is 0 Å². The number of halogens is 3. The van der Waals surface area contributed by atoms with Crippen LogP contribution >= 0.6 is 0 Å². The number of hydrogen-bond acceptors (Lipinski definition) is 2. The van der Waals surface area contributed by atoms with Gasteiger partial charge in [0.1, 0.15) is 11.6 Å². The number of piperazine rings is 1. The lowest BCUT2D eigenvalue weighted by molar-refractivity contribution is -0.137. The molecule has 1 aromatic carbocycles. The number of benzene rings is 1. The molecule has 1 unspecified atom stereocenters. The van der Waals surface area contributed by atoms with E-state index in [0.717, 1.165) is 12.1 Å². The van der Waals surface area contributed by atoms with E-state index in [9.17, 15) is 22.8 Å². The molecule has 1 aliphatic rings. The molecule has 1 aliphatic heterocycles. The number of alkyl halides is 3. The third-order valence-electron chi connectivity index (χ3n) is 3.43. The molecule has 21 heavy (non-hydrogen) atoms. The first-order valence-electron chi connectivity index (χ1n) is 6.37. The van der Waals surface area contributed by atoms with E-state index in [0.29, 0.717) is 0 Å². The molecular formula is C14H15F3N2O2. The van der Waals surface area contributed by atoms with E-state index in [1.54, 1.807) is 13.8 Å². The summed E-state index contributed by atoms with van der Waals surface area (Å²) >= 11 is 0. The van der Waals surface area contributed by atoms with Crippen LogP contribution in [-0.2, 0) is 15.8 Å². The predicted octanol–water partition coefficient (Wildman–Crippen LogP) is 2.34. The Hall–Kier alpha value is -2.05. The predicted molar refractivity (Wildman–Crippen MR) is 70.6 cm³/mol. The molecule has 0 spiro atoms. The van der Waals surface area contributed by atoms with Crippen molar-refractivity contribution in [1.29, 1.82) is 0 Å². The van der Waals surface area contributed by atoms with E-state index >= 15 is 0 Å². The van der Waals surface area contributed by atoms with Crippen LogP contribution in [0.15, 0.2) is 24.3 Å². The summed E-state index contributed by atoms with van der Waals surface area (Å²) in [6.45, 7) is 4.63. The lowest BCUT2D eigenvalue weighted by atomic mass is 9.96. The number of carbonyl (C=O) groups excluding carboxylic acids is 2. The van der Waals surface area contributed by atoms with Crippen LogP contribution in [0.2, 0.25) is 0 Å². The number of anilines is 1. The number of hydrogen-bond donors (Lipinski definition) is 1. The Bertz CT molecular complexity index is 579. The van der Waals surface area contributed by atoms with Crippen molar-refractivity contribution in [1.82, 2.24) is 5.32 Å². The Morgan fingerprint density at radius 1 is 1.14 bits per heavy atom. The number of carbonyl (C=O) groups is 2. The minimum absolute atomic E-state index is 0.267. The van der Waals surface area contributed by atoms with Crippen LogP contribution in [0.5, 0.6) is 0 Å². The third-order valence-corrected chi connectivity index (χ3v) is 3.43. The smallest absolute Gasteiger partial charge is 0.340 e. The first-order valence-corrected chi connectivity index (χ1v) is 6.37. The zero-order valence-corrected chi connectivity index (χ0v) is 11.8. The fourth-order valence-electron chi connectivity index (χ4n) is 2.21. The Balaban J connectivity index is 2.39. The second-order valence-corrected chi connectivity index (χ2v) is 5.51. The van der Waals surface area contributed by atoms with E-state index in [1.807, 2.05) is 0 Å². The maximum atomic E-state index is 12.6. The molecule has 1 saturated heterocycles. The van der Waals surface area contributed by atoms with Gasteiger partial charge in [-0.1, -0.05) is 0 Å². The van der Waals surface area contributed by atoms with Gasteiger partial charge < -0.3 is 5.32 Å². The summed E-state index contributed by atoms with van der Waals surface area (Å²) < 4.78 is 37.7. The van der Waals surface area contributed by atoms with Crippen molar-refractivity contribution in [3.63, 3.8) is 0 Å². The van der Waals surface area contributed by atoms with E-state index in [2.05, 4.69) is 5.32 Å². The minimum Gasteiger partial charge on any atom is -0.340 e. The highest BCUT2D eigenvalue weighted by Gasteiger charge is 2.44. The van der Waals surface area contributed by atoms with Crippen LogP contribution in [0.1, 0.15) is 26.3 Å². The highest BCUT2D eigenvalue weighted by atomic mass is 19.4. The van der Waals surface area contributed by atoms with Gasteiger partial charge in [0.05, 0.1) is 5.56 Å². The minimum atomic E-state index is -4.44. The molecule has 1 heterocycles. The first kappa shape index (κ1) is 15.3. The van der Waals surface area contributed by atoms with Gasteiger partial charge in [-0.25, -0.2) is 0 Å². The highest BCUT2D eigenvalue weighted by Crippen LogP contribution is 2.32. The first-order chi connectivity index (χ1) is 9.54. The summed E-state index contributed by atoms with van der Waals surface area (Å²) in [6, 6.07) is 3.42. The molecule has 0 bridgehead atoms. The maximum absolute atomic E-state index is 12.6. The van der Waals surface area contributed by atoms with Crippen LogP contribution in [-0.4, -0.2) is 23.4 Å². The molecule has 4 nitrogen and oxygen atoms in total. The number of rotatable bonds is 1. The van der Waals surface area contributed by atoms with Crippen LogP contribution in [0, 0.1) is 0 Å². The van der Waals surface area contributed by atoms with Crippen molar-refractivity contribution >= 4 is 17.5 Å². The molecule has 2 rings (SSSR count). The molecule has 0 saturated carbocycles. The van der Waals surface area contributed by atoms with Crippen molar-refractivity contribution in [2.75, 3.05) is 4.90 Å². The van der Waals surface area contributed by atoms with E-state index < -0.39 is 23.3 Å². The summed E-state index contributed by atoms with van der Waals surface area (Å²) in [5, 5.41) is 2.58. The Morgan fingerprint density at radius 3 is 2.14 bits per heavy atom. The van der Waals surface area contributed by atoms with Crippen molar-refractivity contribution in [3.05, 3.63) is 29.8 Å². The summed E-state index contributed by atoms with van der Waals surface area (Å²) in [4.78, 5) is 25.5. The maximum Gasteiger partial charge on any atom is 0.416 e. The third kappa shape index (κ3) is 2.72. The molecule has 1 aromatic rings. The highest BCUT2D eigenvalue weighted by molar-refractivity contribution is 6.10. The largest absolute Gasteiger partial charge is 0.416 e. The van der Waals surface area contributed by atoms with Gasteiger partial charge in [0.25, 0.3) is 5.91 Å². The van der Waals surface area contributed by atoms with Gasteiger partial charge in [-0.3, -0.25) is 14.5 Å². The van der Waals surface area contributed by atoms with E-state index in [1.165, 1.54) is 24.0 Å². The second-order valence-electron chi connectivity index (χ2n) is 5.51. The van der Waals surface area contributed by atoms with Gasteiger partial charge >= 0.3 is 6.18 Å². The summed E-state index contributed by atoms with van der Waals surface area (Å²) in [7, 11) is 0. The lowest BCUT2D eigenvalue weighted by Crippen LogP contribution is -2.67. The molecule has 1 N–H and O–H groups in total. The molecule has 2 amide bonds. The quantitative estimate of drug-likeness (QED) is 0.865. The molecule has 114 valence electrons. The topological polar surface area (TPSA) is 49.4 Å². The fourth-order valence-corrected chi connectivity index (χ4v) is 2.21. The summed E-state index contributed by atoms with van der Waals surface area (Å²) in [5.74, 6) is -0.714. The van der Waals surface area contributed by atoms with Gasteiger partial charge in [-0.2, -0.15) is 13.2 Å². The van der Waals surface area contributed by atoms with Crippen molar-refractivity contribution in [3.8, 4) is 0 Å². The molecule has 1 atom stereocenters. The standard InChI is InChI=1S/C14H15F3N2O2/c1-8-11(20)18-13(2,3)12(21)19(8)10-6-4-9(5-7-10)14(15,16)17/h4-8H,1-3H3,(H,18,20). The van der Waals surface area contributed by atoms with Gasteiger partial charge in [0.2, 0.25) is 5.91 Å². The molecule has 7 heteroatoms. The average molecular weight is 300 g/mol. The van der Waals surface area contributed by atoms with Crippen molar-refractivity contribution < 1.29 is 22.8 Å². The van der Waals surface area contributed by atoms with Gasteiger partial charge in [-0.15, -0.1) is 0 Å². The molecular weight excluding hydrogens is 285 g/mol. The van der Waals surface area contributed by atoms with Crippen LogP contribution < -0.4 is 10.2 Å².